The topological polar surface area (TPSA) is 134 Å². The summed E-state index contributed by atoms with van der Waals surface area (Å²) >= 11 is 0. The van der Waals surface area contributed by atoms with Gasteiger partial charge in [-0.3, -0.25) is 24.8 Å². The first-order chi connectivity index (χ1) is 14.0. The molecular weight excluding hydrogens is 413 g/mol. The van der Waals surface area contributed by atoms with Crippen molar-refractivity contribution in [3.05, 3.63) is 74.3 Å². The number of nitro benzene ring substituents is 2. The molecule has 0 spiro atoms. The third kappa shape index (κ3) is 6.09. The predicted octanol–water partition coefficient (Wildman–Crippen LogP) is 5.66. The molecule has 2 rings (SSSR count). The van der Waals surface area contributed by atoms with E-state index < -0.39 is 35.4 Å². The summed E-state index contributed by atoms with van der Waals surface area (Å²) in [4.78, 5) is 21.2. The Balaban J connectivity index is 2.60. The van der Waals surface area contributed by atoms with Crippen molar-refractivity contribution in [1.29, 1.82) is 0 Å². The Kier molecular flexibility index (Phi) is 7.66. The minimum atomic E-state index is -3.92. The highest BCUT2D eigenvalue weighted by Crippen LogP contribution is 2.62. The number of rotatable bonds is 10. The quantitative estimate of drug-likeness (QED) is 0.286. The lowest BCUT2D eigenvalue weighted by Crippen LogP contribution is -2.19. The molecule has 0 saturated carbocycles. The van der Waals surface area contributed by atoms with E-state index in [1.807, 2.05) is 0 Å². The molecule has 0 bridgehead atoms. The van der Waals surface area contributed by atoms with Crippen LogP contribution in [0.15, 0.2) is 48.5 Å². The third-order valence-corrected chi connectivity index (χ3v) is 6.28. The lowest BCUT2D eigenvalue weighted by atomic mass is 10.2. The maximum Gasteiger partial charge on any atom is 0.357 e. The number of hydrogen-bond acceptors (Lipinski definition) is 8. The smallest absolute Gasteiger partial charge is 0.357 e. The maximum atomic E-state index is 13.8. The van der Waals surface area contributed by atoms with E-state index >= 15 is 0 Å². The van der Waals surface area contributed by atoms with Crippen LogP contribution in [-0.4, -0.2) is 22.1 Å². The van der Waals surface area contributed by atoms with Gasteiger partial charge in [0.1, 0.15) is 0 Å². The predicted molar refractivity (Wildman–Crippen MR) is 113 cm³/mol. The number of non-ortho nitro benzene ring substituents is 2. The van der Waals surface area contributed by atoms with Gasteiger partial charge >= 0.3 is 7.60 Å². The van der Waals surface area contributed by atoms with Gasteiger partial charge in [-0.15, -0.1) is 0 Å². The summed E-state index contributed by atoms with van der Waals surface area (Å²) < 4.78 is 25.2. The molecule has 0 aliphatic carbocycles. The average molecular weight is 437 g/mol. The van der Waals surface area contributed by atoms with Crippen LogP contribution in [0, 0.1) is 20.2 Å². The van der Waals surface area contributed by atoms with Crippen LogP contribution in [0.3, 0.4) is 0 Å². The summed E-state index contributed by atoms with van der Waals surface area (Å²) in [6, 6.07) is 11.2. The van der Waals surface area contributed by atoms with Gasteiger partial charge in [0.25, 0.3) is 11.4 Å². The van der Waals surface area contributed by atoms with Crippen molar-refractivity contribution in [2.45, 2.75) is 45.7 Å². The molecule has 0 radical (unpaired) electrons. The van der Waals surface area contributed by atoms with E-state index in [0.717, 1.165) is 0 Å². The molecule has 0 saturated heterocycles. The fraction of sp³-hybridized carbons (Fsp3) is 0.368. The van der Waals surface area contributed by atoms with Crippen LogP contribution in [0.25, 0.3) is 0 Å². The van der Waals surface area contributed by atoms with Crippen LogP contribution in [0.4, 0.5) is 17.1 Å². The summed E-state index contributed by atoms with van der Waals surface area (Å²) in [7, 11) is -3.92. The second kappa shape index (κ2) is 9.80. The van der Waals surface area contributed by atoms with Crippen molar-refractivity contribution in [1.82, 2.24) is 0 Å². The van der Waals surface area contributed by atoms with E-state index in [1.54, 1.807) is 39.8 Å². The Bertz CT molecular complexity index is 951. The highest BCUT2D eigenvalue weighted by atomic mass is 31.2. The molecule has 30 heavy (non-hydrogen) atoms. The fourth-order valence-electron chi connectivity index (χ4n) is 2.75. The number of nitro groups is 2. The molecule has 2 aromatic rings. The van der Waals surface area contributed by atoms with Gasteiger partial charge in [-0.25, -0.2) is 0 Å². The minimum Gasteiger partial charge on any atom is -0.368 e. The molecule has 0 aromatic heterocycles. The van der Waals surface area contributed by atoms with E-state index in [1.165, 1.54) is 36.4 Å². The van der Waals surface area contributed by atoms with Crippen molar-refractivity contribution >= 4 is 24.7 Å². The van der Waals surface area contributed by atoms with Crippen molar-refractivity contribution in [2.24, 2.45) is 0 Å². The standard InChI is InChI=1S/C19H24N3O7P/c1-13(2)28-30(27,29-14(3)4)19(15-7-5-9-17(11-15)21(23)24)20-16-8-6-10-18(12-16)22(25)26/h5-14,19-20H,1-4H3. The van der Waals surface area contributed by atoms with E-state index in [4.69, 9.17) is 9.05 Å². The molecule has 1 N–H and O–H groups in total. The van der Waals surface area contributed by atoms with Crippen LogP contribution < -0.4 is 5.32 Å². The number of nitrogens with one attached hydrogen (secondary N) is 1. The molecule has 0 heterocycles. The number of anilines is 1. The summed E-state index contributed by atoms with van der Waals surface area (Å²) in [6.45, 7) is 6.75. The van der Waals surface area contributed by atoms with Crippen LogP contribution in [0.5, 0.6) is 0 Å². The third-order valence-electron chi connectivity index (χ3n) is 3.79. The normalized spacial score (nSPS) is 12.7. The van der Waals surface area contributed by atoms with E-state index in [2.05, 4.69) is 5.32 Å². The van der Waals surface area contributed by atoms with Gasteiger partial charge in [-0.05, 0) is 39.3 Å². The summed E-state index contributed by atoms with van der Waals surface area (Å²) in [6.07, 6.45) is -0.939. The molecule has 0 fully saturated rings. The summed E-state index contributed by atoms with van der Waals surface area (Å²) in [5, 5.41) is 25.3. The van der Waals surface area contributed by atoms with Gasteiger partial charge in [0.05, 0.1) is 22.1 Å². The summed E-state index contributed by atoms with van der Waals surface area (Å²) in [5.74, 6) is -1.13. The number of nitrogens with zero attached hydrogens (tertiary/aromatic N) is 2. The Hall–Kier alpha value is -2.81. The number of benzene rings is 2. The SMILES string of the molecule is CC(C)OP(=O)(OC(C)C)C(Nc1cccc([N+](=O)[O-])c1)c1cccc([N+](=O)[O-])c1. The molecule has 162 valence electrons. The lowest BCUT2D eigenvalue weighted by Gasteiger charge is -2.31. The maximum absolute atomic E-state index is 13.8. The first-order valence-electron chi connectivity index (χ1n) is 9.23. The Morgan fingerprint density at radius 1 is 0.867 bits per heavy atom. The molecule has 10 nitrogen and oxygen atoms in total. The summed E-state index contributed by atoms with van der Waals surface area (Å²) in [5.41, 5.74) is 0.224. The molecule has 2 aromatic carbocycles. The first-order valence-corrected chi connectivity index (χ1v) is 10.8. The number of hydrogen-bond donors (Lipinski definition) is 1. The Morgan fingerprint density at radius 2 is 1.37 bits per heavy atom. The second-order valence-corrected chi connectivity index (χ2v) is 9.07. The van der Waals surface area contributed by atoms with Crippen LogP contribution in [0.2, 0.25) is 0 Å². The fourth-order valence-corrected chi connectivity index (χ4v) is 5.06. The van der Waals surface area contributed by atoms with Crippen LogP contribution >= 0.6 is 7.60 Å². The first kappa shape index (κ1) is 23.5. The molecule has 0 aliphatic heterocycles. The zero-order chi connectivity index (χ0) is 22.5. The van der Waals surface area contributed by atoms with Crippen molar-refractivity contribution in [3.8, 4) is 0 Å². The minimum absolute atomic E-state index is 0.165. The average Bonchev–Trinajstić information content (AvgIpc) is 2.65. The monoisotopic (exact) mass is 437 g/mol. The van der Waals surface area contributed by atoms with E-state index in [9.17, 15) is 24.8 Å². The van der Waals surface area contributed by atoms with Gasteiger partial charge in [0, 0.05) is 30.0 Å². The van der Waals surface area contributed by atoms with E-state index in [-0.39, 0.29) is 11.4 Å². The molecule has 1 unspecified atom stereocenters. The van der Waals surface area contributed by atoms with Crippen molar-refractivity contribution < 1.29 is 23.5 Å². The van der Waals surface area contributed by atoms with E-state index in [0.29, 0.717) is 11.3 Å². The van der Waals surface area contributed by atoms with Crippen molar-refractivity contribution in [3.63, 3.8) is 0 Å². The van der Waals surface area contributed by atoms with Gasteiger partial charge in [0.2, 0.25) is 0 Å². The molecule has 0 aliphatic rings. The lowest BCUT2D eigenvalue weighted by molar-refractivity contribution is -0.385. The second-order valence-electron chi connectivity index (χ2n) is 7.05. The van der Waals surface area contributed by atoms with Gasteiger partial charge in [0.15, 0.2) is 5.78 Å². The Morgan fingerprint density at radius 3 is 1.87 bits per heavy atom. The highest BCUT2D eigenvalue weighted by molar-refractivity contribution is 7.54. The molecular formula is C19H24N3O7P. The molecule has 0 amide bonds. The Labute approximate surface area is 174 Å². The molecule has 11 heteroatoms. The molecule has 1 atom stereocenters. The van der Waals surface area contributed by atoms with Crippen LogP contribution in [0.1, 0.15) is 39.0 Å². The largest absolute Gasteiger partial charge is 0.368 e. The highest BCUT2D eigenvalue weighted by Gasteiger charge is 2.40. The zero-order valence-corrected chi connectivity index (χ0v) is 17.9. The van der Waals surface area contributed by atoms with Crippen molar-refractivity contribution in [2.75, 3.05) is 5.32 Å². The van der Waals surface area contributed by atoms with Gasteiger partial charge in [-0.2, -0.15) is 0 Å². The van der Waals surface area contributed by atoms with Gasteiger partial charge in [-0.1, -0.05) is 18.2 Å². The van der Waals surface area contributed by atoms with Gasteiger partial charge < -0.3 is 14.4 Å². The zero-order valence-electron chi connectivity index (χ0n) is 17.1. The van der Waals surface area contributed by atoms with Crippen LogP contribution in [-0.2, 0) is 13.6 Å².